The van der Waals surface area contributed by atoms with Crippen LogP contribution in [-0.2, 0) is 5.41 Å². The molecule has 2 nitrogen and oxygen atoms in total. The fourth-order valence-electron chi connectivity index (χ4n) is 2.39. The normalized spacial score (nSPS) is 14.4. The highest BCUT2D eigenvalue weighted by Gasteiger charge is 2.27. The standard InChI is InChI=1S/C16H24N2/c1-11(2)12(3)14-15(16(4,5)6)18-10-8-7-9-13(18)17-14/h7-12H,1-6H3. The van der Waals surface area contributed by atoms with Gasteiger partial charge in [0.05, 0.1) is 11.4 Å². The molecule has 0 saturated heterocycles. The zero-order valence-corrected chi connectivity index (χ0v) is 12.4. The van der Waals surface area contributed by atoms with Crippen molar-refractivity contribution >= 4 is 5.65 Å². The van der Waals surface area contributed by atoms with Gasteiger partial charge in [0.2, 0.25) is 0 Å². The molecule has 2 aromatic heterocycles. The largest absolute Gasteiger partial charge is 0.303 e. The number of imidazole rings is 1. The van der Waals surface area contributed by atoms with Crippen LogP contribution < -0.4 is 0 Å². The molecule has 1 unspecified atom stereocenters. The first-order valence-corrected chi connectivity index (χ1v) is 6.80. The molecule has 0 spiro atoms. The Labute approximate surface area is 110 Å². The molecule has 18 heavy (non-hydrogen) atoms. The third-order valence-corrected chi connectivity index (χ3v) is 3.70. The average molecular weight is 244 g/mol. The Balaban J connectivity index is 2.72. The van der Waals surface area contributed by atoms with Gasteiger partial charge in [-0.3, -0.25) is 0 Å². The molecular weight excluding hydrogens is 220 g/mol. The number of aromatic nitrogens is 2. The molecule has 0 aliphatic rings. The summed E-state index contributed by atoms with van der Waals surface area (Å²) in [5.41, 5.74) is 3.77. The van der Waals surface area contributed by atoms with E-state index in [1.54, 1.807) is 0 Å². The van der Waals surface area contributed by atoms with Crippen molar-refractivity contribution in [2.75, 3.05) is 0 Å². The lowest BCUT2D eigenvalue weighted by atomic mass is 9.84. The Hall–Kier alpha value is -1.31. The summed E-state index contributed by atoms with van der Waals surface area (Å²) in [4.78, 5) is 4.86. The molecule has 0 aliphatic heterocycles. The van der Waals surface area contributed by atoms with Gasteiger partial charge in [0.25, 0.3) is 0 Å². The highest BCUT2D eigenvalue weighted by Crippen LogP contribution is 2.34. The van der Waals surface area contributed by atoms with E-state index in [-0.39, 0.29) is 5.41 Å². The van der Waals surface area contributed by atoms with Gasteiger partial charge in [-0.2, -0.15) is 0 Å². The molecule has 0 bridgehead atoms. The highest BCUT2D eigenvalue weighted by atomic mass is 15.0. The van der Waals surface area contributed by atoms with Crippen molar-refractivity contribution in [3.63, 3.8) is 0 Å². The Morgan fingerprint density at radius 1 is 1.11 bits per heavy atom. The van der Waals surface area contributed by atoms with Gasteiger partial charge in [-0.05, 0) is 18.1 Å². The van der Waals surface area contributed by atoms with Crippen molar-refractivity contribution in [1.29, 1.82) is 0 Å². The fraction of sp³-hybridized carbons (Fsp3) is 0.562. The van der Waals surface area contributed by atoms with Gasteiger partial charge in [0.1, 0.15) is 5.65 Å². The number of nitrogens with zero attached hydrogens (tertiary/aromatic N) is 2. The van der Waals surface area contributed by atoms with Crippen molar-refractivity contribution in [2.45, 2.75) is 52.9 Å². The van der Waals surface area contributed by atoms with E-state index in [1.807, 2.05) is 0 Å². The van der Waals surface area contributed by atoms with Gasteiger partial charge in [-0.15, -0.1) is 0 Å². The van der Waals surface area contributed by atoms with Crippen LogP contribution in [0.3, 0.4) is 0 Å². The summed E-state index contributed by atoms with van der Waals surface area (Å²) in [5.74, 6) is 1.09. The second-order valence-electron chi connectivity index (χ2n) is 6.56. The number of hydrogen-bond donors (Lipinski definition) is 0. The first kappa shape index (κ1) is 13.1. The maximum absolute atomic E-state index is 4.86. The van der Waals surface area contributed by atoms with Crippen molar-refractivity contribution in [2.24, 2.45) is 5.92 Å². The minimum atomic E-state index is 0.110. The van der Waals surface area contributed by atoms with E-state index >= 15 is 0 Å². The highest BCUT2D eigenvalue weighted by molar-refractivity contribution is 5.46. The molecule has 2 heteroatoms. The van der Waals surface area contributed by atoms with Gasteiger partial charge >= 0.3 is 0 Å². The Kier molecular flexibility index (Phi) is 3.22. The van der Waals surface area contributed by atoms with Crippen LogP contribution >= 0.6 is 0 Å². The number of rotatable bonds is 2. The zero-order valence-electron chi connectivity index (χ0n) is 12.4. The van der Waals surface area contributed by atoms with E-state index in [0.29, 0.717) is 11.8 Å². The maximum atomic E-state index is 4.86. The van der Waals surface area contributed by atoms with Crippen molar-refractivity contribution in [1.82, 2.24) is 9.38 Å². The van der Waals surface area contributed by atoms with Crippen LogP contribution in [0, 0.1) is 5.92 Å². The molecule has 0 amide bonds. The molecule has 0 N–H and O–H groups in total. The smallest absolute Gasteiger partial charge is 0.137 e. The molecule has 0 aromatic carbocycles. The van der Waals surface area contributed by atoms with E-state index in [2.05, 4.69) is 70.3 Å². The van der Waals surface area contributed by atoms with Crippen molar-refractivity contribution < 1.29 is 0 Å². The summed E-state index contributed by atoms with van der Waals surface area (Å²) in [7, 11) is 0. The summed E-state index contributed by atoms with van der Waals surface area (Å²) in [6.07, 6.45) is 2.12. The van der Waals surface area contributed by atoms with E-state index < -0.39 is 0 Å². The quantitative estimate of drug-likeness (QED) is 0.765. The minimum absolute atomic E-state index is 0.110. The maximum Gasteiger partial charge on any atom is 0.137 e. The van der Waals surface area contributed by atoms with Gasteiger partial charge in [0.15, 0.2) is 0 Å². The molecule has 1 atom stereocenters. The van der Waals surface area contributed by atoms with E-state index in [4.69, 9.17) is 4.98 Å². The molecule has 98 valence electrons. The Bertz CT molecular complexity index is 544. The summed E-state index contributed by atoms with van der Waals surface area (Å²) in [5, 5.41) is 0. The number of hydrogen-bond acceptors (Lipinski definition) is 1. The molecule has 0 fully saturated rings. The van der Waals surface area contributed by atoms with Crippen LogP contribution in [0.1, 0.15) is 58.8 Å². The van der Waals surface area contributed by atoms with E-state index in [1.165, 1.54) is 11.4 Å². The van der Waals surface area contributed by atoms with Crippen molar-refractivity contribution in [3.8, 4) is 0 Å². The SMILES string of the molecule is CC(C)C(C)c1nc2ccccn2c1C(C)(C)C. The monoisotopic (exact) mass is 244 g/mol. The Morgan fingerprint density at radius 3 is 2.33 bits per heavy atom. The molecular formula is C16H24N2. The van der Waals surface area contributed by atoms with Gasteiger partial charge < -0.3 is 4.40 Å². The lowest BCUT2D eigenvalue weighted by Gasteiger charge is -2.23. The summed E-state index contributed by atoms with van der Waals surface area (Å²) >= 11 is 0. The van der Waals surface area contributed by atoms with Gasteiger partial charge in [-0.1, -0.05) is 47.6 Å². The zero-order chi connectivity index (χ0) is 13.5. The van der Waals surface area contributed by atoms with Crippen LogP contribution in [0.15, 0.2) is 24.4 Å². The first-order valence-electron chi connectivity index (χ1n) is 6.80. The molecule has 0 radical (unpaired) electrons. The molecule has 0 aliphatic carbocycles. The fourth-order valence-corrected chi connectivity index (χ4v) is 2.39. The second kappa shape index (κ2) is 4.42. The predicted octanol–water partition coefficient (Wildman–Crippen LogP) is 4.39. The van der Waals surface area contributed by atoms with Gasteiger partial charge in [-0.25, -0.2) is 4.98 Å². The topological polar surface area (TPSA) is 17.3 Å². The summed E-state index contributed by atoms with van der Waals surface area (Å²) < 4.78 is 2.24. The Morgan fingerprint density at radius 2 is 1.78 bits per heavy atom. The lowest BCUT2D eigenvalue weighted by molar-refractivity contribution is 0.493. The third-order valence-electron chi connectivity index (χ3n) is 3.70. The summed E-state index contributed by atoms with van der Waals surface area (Å²) in [6, 6.07) is 6.22. The van der Waals surface area contributed by atoms with E-state index in [9.17, 15) is 0 Å². The van der Waals surface area contributed by atoms with Crippen LogP contribution in [0.2, 0.25) is 0 Å². The van der Waals surface area contributed by atoms with Crippen LogP contribution in [0.4, 0.5) is 0 Å². The third kappa shape index (κ3) is 2.16. The minimum Gasteiger partial charge on any atom is -0.303 e. The second-order valence-corrected chi connectivity index (χ2v) is 6.56. The number of pyridine rings is 1. The average Bonchev–Trinajstić information content (AvgIpc) is 2.66. The molecule has 0 saturated carbocycles. The summed E-state index contributed by atoms with van der Waals surface area (Å²) in [6.45, 7) is 13.6. The lowest BCUT2D eigenvalue weighted by Crippen LogP contribution is -2.19. The molecule has 2 aromatic rings. The van der Waals surface area contributed by atoms with Crippen LogP contribution in [-0.4, -0.2) is 9.38 Å². The number of fused-ring (bicyclic) bond motifs is 1. The first-order chi connectivity index (χ1) is 8.32. The van der Waals surface area contributed by atoms with Gasteiger partial charge in [0, 0.05) is 17.5 Å². The van der Waals surface area contributed by atoms with Crippen LogP contribution in [0.25, 0.3) is 5.65 Å². The molecule has 2 rings (SSSR count). The van der Waals surface area contributed by atoms with Crippen LogP contribution in [0.5, 0.6) is 0 Å². The van der Waals surface area contributed by atoms with Crippen molar-refractivity contribution in [3.05, 3.63) is 35.8 Å². The van der Waals surface area contributed by atoms with E-state index in [0.717, 1.165) is 5.65 Å². The predicted molar refractivity (Wildman–Crippen MR) is 77.1 cm³/mol. The molecule has 2 heterocycles.